The van der Waals surface area contributed by atoms with E-state index in [2.05, 4.69) is 15.6 Å². The zero-order valence-corrected chi connectivity index (χ0v) is 11.9. The first-order chi connectivity index (χ1) is 10.2. The first-order valence-corrected chi connectivity index (χ1v) is 7.15. The molecule has 2 heterocycles. The molecular formula is C13H20N4O4. The molecular weight excluding hydrogens is 276 g/mol. The van der Waals surface area contributed by atoms with Gasteiger partial charge in [-0.1, -0.05) is 5.21 Å². The third-order valence-electron chi connectivity index (χ3n) is 3.80. The number of hydrogen-bond acceptors (Lipinski definition) is 6. The van der Waals surface area contributed by atoms with Crippen LogP contribution in [-0.4, -0.2) is 58.0 Å². The van der Waals surface area contributed by atoms with Gasteiger partial charge in [-0.15, -0.1) is 5.10 Å². The number of nitrogens with zero attached hydrogens (tertiary/aromatic N) is 3. The first kappa shape index (κ1) is 14.4. The summed E-state index contributed by atoms with van der Waals surface area (Å²) in [5, 5.41) is 20.8. The first-order valence-electron chi connectivity index (χ1n) is 7.15. The molecule has 1 saturated carbocycles. The summed E-state index contributed by atoms with van der Waals surface area (Å²) < 4.78 is 12.2. The zero-order chi connectivity index (χ0) is 14.8. The van der Waals surface area contributed by atoms with Crippen LogP contribution in [0.25, 0.3) is 0 Å². The van der Waals surface area contributed by atoms with Crippen LogP contribution in [0.3, 0.4) is 0 Å². The van der Waals surface area contributed by atoms with Gasteiger partial charge in [0.1, 0.15) is 11.8 Å². The molecule has 1 saturated heterocycles. The maximum atomic E-state index is 11.9. The highest BCUT2D eigenvalue weighted by Gasteiger charge is 2.40. The number of aliphatic hydroxyl groups excluding tert-OH is 1. The van der Waals surface area contributed by atoms with E-state index in [9.17, 15) is 9.90 Å². The molecule has 0 aromatic carbocycles. The molecule has 21 heavy (non-hydrogen) atoms. The largest absolute Gasteiger partial charge is 0.388 e. The molecule has 8 nitrogen and oxygen atoms in total. The number of ether oxygens (including phenoxy) is 2. The number of methoxy groups -OCH3 is 1. The average Bonchev–Trinajstić information content (AvgIpc) is 3.15. The molecule has 0 radical (unpaired) electrons. The smallest absolute Gasteiger partial charge is 0.223 e. The number of nitrogens with one attached hydrogen (secondary N) is 1. The van der Waals surface area contributed by atoms with Crippen LogP contribution in [0.2, 0.25) is 0 Å². The van der Waals surface area contributed by atoms with Gasteiger partial charge in [0.25, 0.3) is 0 Å². The molecule has 3 rings (SSSR count). The van der Waals surface area contributed by atoms with Crippen LogP contribution in [0.5, 0.6) is 0 Å². The van der Waals surface area contributed by atoms with Gasteiger partial charge in [0, 0.05) is 13.0 Å². The van der Waals surface area contributed by atoms with Crippen LogP contribution in [0.4, 0.5) is 0 Å². The molecule has 0 bridgehead atoms. The van der Waals surface area contributed by atoms with Crippen LogP contribution in [0.1, 0.15) is 18.5 Å². The second kappa shape index (κ2) is 6.08. The second-order valence-electron chi connectivity index (χ2n) is 5.61. The van der Waals surface area contributed by atoms with Crippen molar-refractivity contribution in [3.63, 3.8) is 0 Å². The van der Waals surface area contributed by atoms with Crippen molar-refractivity contribution in [1.29, 1.82) is 0 Å². The SMILES string of the molecule is COCc1cn(C[C@H]2OC[C@H](O)[C@H]2NC(=O)C2CC2)nn1. The van der Waals surface area contributed by atoms with E-state index in [0.29, 0.717) is 13.2 Å². The summed E-state index contributed by atoms with van der Waals surface area (Å²) in [7, 11) is 1.60. The lowest BCUT2D eigenvalue weighted by Crippen LogP contribution is -2.48. The Labute approximate surface area is 122 Å². The van der Waals surface area contributed by atoms with Crippen molar-refractivity contribution >= 4 is 5.91 Å². The maximum absolute atomic E-state index is 11.9. The van der Waals surface area contributed by atoms with Crippen LogP contribution >= 0.6 is 0 Å². The molecule has 3 atom stereocenters. The third kappa shape index (κ3) is 3.39. The molecule has 8 heteroatoms. The Balaban J connectivity index is 1.60. The quantitative estimate of drug-likeness (QED) is 0.704. The molecule has 116 valence electrons. The molecule has 0 unspecified atom stereocenters. The zero-order valence-electron chi connectivity index (χ0n) is 11.9. The third-order valence-corrected chi connectivity index (χ3v) is 3.80. The predicted molar refractivity (Wildman–Crippen MR) is 71.1 cm³/mol. The predicted octanol–water partition coefficient (Wildman–Crippen LogP) is -0.921. The Hall–Kier alpha value is -1.51. The number of hydrogen-bond donors (Lipinski definition) is 2. The molecule has 1 aromatic heterocycles. The highest BCUT2D eigenvalue weighted by atomic mass is 16.5. The topological polar surface area (TPSA) is 98.5 Å². The van der Waals surface area contributed by atoms with E-state index in [4.69, 9.17) is 9.47 Å². The minimum atomic E-state index is -0.681. The average molecular weight is 296 g/mol. The van der Waals surface area contributed by atoms with Crippen molar-refractivity contribution in [1.82, 2.24) is 20.3 Å². The molecule has 2 fully saturated rings. The summed E-state index contributed by atoms with van der Waals surface area (Å²) in [5.74, 6) is 0.117. The summed E-state index contributed by atoms with van der Waals surface area (Å²) in [4.78, 5) is 11.9. The molecule has 2 aliphatic rings. The maximum Gasteiger partial charge on any atom is 0.223 e. The molecule has 2 N–H and O–H groups in total. The Bertz CT molecular complexity index is 502. The molecule has 0 spiro atoms. The van der Waals surface area contributed by atoms with Gasteiger partial charge in [-0.25, -0.2) is 4.68 Å². The summed E-state index contributed by atoms with van der Waals surface area (Å²) >= 11 is 0. The summed E-state index contributed by atoms with van der Waals surface area (Å²) in [5.41, 5.74) is 0.731. The number of carbonyl (C=O) groups excluding carboxylic acids is 1. The van der Waals surface area contributed by atoms with Gasteiger partial charge < -0.3 is 19.9 Å². The van der Waals surface area contributed by atoms with Crippen molar-refractivity contribution in [3.05, 3.63) is 11.9 Å². The van der Waals surface area contributed by atoms with E-state index < -0.39 is 12.1 Å². The number of aromatic nitrogens is 3. The monoisotopic (exact) mass is 296 g/mol. The van der Waals surface area contributed by atoms with E-state index in [1.807, 2.05) is 0 Å². The minimum absolute atomic E-state index is 0.00760. The van der Waals surface area contributed by atoms with Crippen molar-refractivity contribution in [2.75, 3.05) is 13.7 Å². The van der Waals surface area contributed by atoms with Gasteiger partial charge in [-0.3, -0.25) is 4.79 Å². The van der Waals surface area contributed by atoms with Gasteiger partial charge in [-0.2, -0.15) is 0 Å². The van der Waals surface area contributed by atoms with E-state index in [0.717, 1.165) is 18.5 Å². The van der Waals surface area contributed by atoms with E-state index in [1.54, 1.807) is 18.0 Å². The Morgan fingerprint density at radius 2 is 2.43 bits per heavy atom. The van der Waals surface area contributed by atoms with Crippen molar-refractivity contribution in [2.24, 2.45) is 5.92 Å². The normalized spacial score (nSPS) is 28.8. The van der Waals surface area contributed by atoms with Gasteiger partial charge in [-0.05, 0) is 12.8 Å². The Morgan fingerprint density at radius 1 is 1.62 bits per heavy atom. The standard InChI is InChI=1S/C13H20N4O4/c1-20-6-9-4-17(16-15-9)5-11-12(10(18)7-21-11)14-13(19)8-2-3-8/h4,8,10-12,18H,2-3,5-7H2,1H3,(H,14,19)/t10-,11+,12+/m0/s1. The molecule has 1 amide bonds. The highest BCUT2D eigenvalue weighted by Crippen LogP contribution is 2.29. The van der Waals surface area contributed by atoms with Crippen molar-refractivity contribution < 1.29 is 19.4 Å². The van der Waals surface area contributed by atoms with E-state index in [1.165, 1.54) is 0 Å². The lowest BCUT2D eigenvalue weighted by Gasteiger charge is -2.21. The Morgan fingerprint density at radius 3 is 3.14 bits per heavy atom. The van der Waals surface area contributed by atoms with E-state index >= 15 is 0 Å². The fraction of sp³-hybridized carbons (Fsp3) is 0.769. The van der Waals surface area contributed by atoms with Crippen LogP contribution < -0.4 is 5.32 Å². The number of rotatable bonds is 6. The van der Waals surface area contributed by atoms with Crippen LogP contribution in [-0.2, 0) is 27.4 Å². The minimum Gasteiger partial charge on any atom is -0.388 e. The number of carbonyl (C=O) groups is 1. The van der Waals surface area contributed by atoms with Crippen molar-refractivity contribution in [3.8, 4) is 0 Å². The van der Waals surface area contributed by atoms with Gasteiger partial charge in [0.2, 0.25) is 5.91 Å². The summed E-state index contributed by atoms with van der Waals surface area (Å²) in [6.45, 7) is 1.05. The molecule has 1 aliphatic heterocycles. The molecule has 1 aromatic rings. The lowest BCUT2D eigenvalue weighted by molar-refractivity contribution is -0.124. The van der Waals surface area contributed by atoms with Crippen molar-refractivity contribution in [2.45, 2.75) is 44.2 Å². The van der Waals surface area contributed by atoms with Gasteiger partial charge >= 0.3 is 0 Å². The fourth-order valence-electron chi connectivity index (χ4n) is 2.49. The van der Waals surface area contributed by atoms with Gasteiger partial charge in [0.05, 0.1) is 38.1 Å². The van der Waals surface area contributed by atoms with E-state index in [-0.39, 0.29) is 24.5 Å². The molecule has 1 aliphatic carbocycles. The summed E-state index contributed by atoms with van der Waals surface area (Å²) in [6, 6.07) is -0.395. The fourth-order valence-corrected chi connectivity index (χ4v) is 2.49. The summed E-state index contributed by atoms with van der Waals surface area (Å²) in [6.07, 6.45) is 2.66. The van der Waals surface area contributed by atoms with Crippen LogP contribution in [0.15, 0.2) is 6.20 Å². The van der Waals surface area contributed by atoms with Gasteiger partial charge in [0.15, 0.2) is 0 Å². The number of aliphatic hydroxyl groups is 1. The van der Waals surface area contributed by atoms with Crippen LogP contribution in [0, 0.1) is 5.92 Å². The lowest BCUT2D eigenvalue weighted by atomic mass is 10.1. The highest BCUT2D eigenvalue weighted by molar-refractivity contribution is 5.81. The number of amides is 1. The second-order valence-corrected chi connectivity index (χ2v) is 5.61. The Kier molecular flexibility index (Phi) is 4.18.